The van der Waals surface area contributed by atoms with E-state index in [1.165, 1.54) is 29.2 Å². The van der Waals surface area contributed by atoms with Crippen LogP contribution in [0.4, 0.5) is 10.1 Å². The van der Waals surface area contributed by atoms with E-state index >= 15 is 0 Å². The Morgan fingerprint density at radius 3 is 2.35 bits per heavy atom. The van der Waals surface area contributed by atoms with Crippen LogP contribution in [0.5, 0.6) is 0 Å². The molecule has 0 saturated heterocycles. The normalized spacial score (nSPS) is 14.6. The first-order chi connectivity index (χ1) is 12.4. The van der Waals surface area contributed by atoms with Crippen LogP contribution in [0.15, 0.2) is 54.2 Å². The van der Waals surface area contributed by atoms with Crippen molar-refractivity contribution in [3.8, 4) is 0 Å². The smallest absolute Gasteiger partial charge is 0.278 e. The maximum absolute atomic E-state index is 13.3. The standard InChI is InChI=1S/C21H21FN2O2/c1-13(2)12-24-20(25)18(15-7-9-16(22)10-8-15)19(21(24)26)23-17-6-4-5-14(3)11-17/h4-11,13,23H,12H2,1-3H3. The fraction of sp³-hybridized carbons (Fsp3) is 0.238. The SMILES string of the molecule is Cc1cccc(NC2=C(c3ccc(F)cc3)C(=O)N(CC(C)C)C2=O)c1. The number of carbonyl (C=O) groups excluding carboxylic acids is 2. The zero-order valence-electron chi connectivity index (χ0n) is 15.0. The van der Waals surface area contributed by atoms with Gasteiger partial charge in [0.25, 0.3) is 11.8 Å². The Morgan fingerprint density at radius 2 is 1.73 bits per heavy atom. The molecule has 0 saturated carbocycles. The summed E-state index contributed by atoms with van der Waals surface area (Å²) in [4.78, 5) is 27.1. The monoisotopic (exact) mass is 352 g/mol. The van der Waals surface area contributed by atoms with Gasteiger partial charge in [0, 0.05) is 12.2 Å². The molecule has 0 bridgehead atoms. The average molecular weight is 352 g/mol. The van der Waals surface area contributed by atoms with Crippen molar-refractivity contribution in [1.29, 1.82) is 0 Å². The molecule has 134 valence electrons. The highest BCUT2D eigenvalue weighted by Crippen LogP contribution is 2.31. The van der Waals surface area contributed by atoms with Crippen LogP contribution in [0, 0.1) is 18.7 Å². The van der Waals surface area contributed by atoms with Crippen LogP contribution in [0.3, 0.4) is 0 Å². The molecule has 2 amide bonds. The topological polar surface area (TPSA) is 49.4 Å². The predicted molar refractivity (Wildman–Crippen MR) is 99.7 cm³/mol. The van der Waals surface area contributed by atoms with Crippen molar-refractivity contribution in [2.45, 2.75) is 20.8 Å². The number of amides is 2. The predicted octanol–water partition coefficient (Wildman–Crippen LogP) is 3.98. The second-order valence-electron chi connectivity index (χ2n) is 6.87. The Balaban J connectivity index is 2.06. The van der Waals surface area contributed by atoms with Crippen molar-refractivity contribution in [3.63, 3.8) is 0 Å². The first-order valence-electron chi connectivity index (χ1n) is 8.57. The number of carbonyl (C=O) groups is 2. The molecule has 0 radical (unpaired) electrons. The Bertz CT molecular complexity index is 885. The molecule has 0 atom stereocenters. The fourth-order valence-corrected chi connectivity index (χ4v) is 2.97. The molecule has 0 aromatic heterocycles. The summed E-state index contributed by atoms with van der Waals surface area (Å²) >= 11 is 0. The van der Waals surface area contributed by atoms with Gasteiger partial charge in [0.15, 0.2) is 0 Å². The fourth-order valence-electron chi connectivity index (χ4n) is 2.97. The first kappa shape index (κ1) is 17.9. The van der Waals surface area contributed by atoms with E-state index in [-0.39, 0.29) is 29.0 Å². The number of hydrogen-bond acceptors (Lipinski definition) is 3. The molecule has 4 nitrogen and oxygen atoms in total. The summed E-state index contributed by atoms with van der Waals surface area (Å²) in [6, 6.07) is 13.2. The summed E-state index contributed by atoms with van der Waals surface area (Å²) in [5.74, 6) is -0.955. The molecule has 3 rings (SSSR count). The van der Waals surface area contributed by atoms with E-state index in [0.29, 0.717) is 12.1 Å². The molecule has 2 aromatic rings. The molecule has 26 heavy (non-hydrogen) atoms. The minimum absolute atomic E-state index is 0.149. The van der Waals surface area contributed by atoms with Gasteiger partial charge in [-0.05, 0) is 48.2 Å². The molecule has 1 N–H and O–H groups in total. The zero-order chi connectivity index (χ0) is 18.8. The number of anilines is 1. The highest BCUT2D eigenvalue weighted by Gasteiger charge is 2.39. The number of rotatable bonds is 5. The number of imide groups is 1. The third kappa shape index (κ3) is 3.52. The summed E-state index contributed by atoms with van der Waals surface area (Å²) in [7, 11) is 0. The number of hydrogen-bond donors (Lipinski definition) is 1. The van der Waals surface area contributed by atoms with Crippen molar-refractivity contribution in [1.82, 2.24) is 4.90 Å². The van der Waals surface area contributed by atoms with Gasteiger partial charge >= 0.3 is 0 Å². The number of nitrogens with one attached hydrogen (secondary N) is 1. The number of nitrogens with zero attached hydrogens (tertiary/aromatic N) is 1. The van der Waals surface area contributed by atoms with Crippen LogP contribution in [0.1, 0.15) is 25.0 Å². The quantitative estimate of drug-likeness (QED) is 0.828. The molecule has 0 unspecified atom stereocenters. The van der Waals surface area contributed by atoms with Crippen LogP contribution in [-0.4, -0.2) is 23.3 Å². The Hall–Kier alpha value is -2.95. The minimum atomic E-state index is -0.390. The second kappa shape index (κ2) is 7.12. The van der Waals surface area contributed by atoms with E-state index in [1.807, 2.05) is 45.0 Å². The molecule has 1 aliphatic heterocycles. The molecular formula is C21H21FN2O2. The minimum Gasteiger partial charge on any atom is -0.350 e. The Kier molecular flexibility index (Phi) is 4.89. The van der Waals surface area contributed by atoms with Crippen LogP contribution in [-0.2, 0) is 9.59 Å². The van der Waals surface area contributed by atoms with Gasteiger partial charge in [-0.2, -0.15) is 0 Å². The van der Waals surface area contributed by atoms with E-state index in [1.54, 1.807) is 0 Å². The summed E-state index contributed by atoms with van der Waals surface area (Å²) < 4.78 is 13.3. The third-order valence-corrected chi connectivity index (χ3v) is 4.14. The molecule has 1 heterocycles. The molecule has 0 aliphatic carbocycles. The molecule has 1 aliphatic rings. The van der Waals surface area contributed by atoms with Crippen LogP contribution < -0.4 is 5.32 Å². The van der Waals surface area contributed by atoms with Gasteiger partial charge in [-0.25, -0.2) is 4.39 Å². The number of aryl methyl sites for hydroxylation is 1. The van der Waals surface area contributed by atoms with Gasteiger partial charge in [0.2, 0.25) is 0 Å². The third-order valence-electron chi connectivity index (χ3n) is 4.14. The lowest BCUT2D eigenvalue weighted by atomic mass is 10.0. The van der Waals surface area contributed by atoms with Crippen LogP contribution in [0.25, 0.3) is 5.57 Å². The number of benzene rings is 2. The van der Waals surface area contributed by atoms with Crippen molar-refractivity contribution in [2.24, 2.45) is 5.92 Å². The van der Waals surface area contributed by atoms with Gasteiger partial charge in [0.1, 0.15) is 11.5 Å². The summed E-state index contributed by atoms with van der Waals surface area (Å²) in [6.45, 7) is 6.18. The molecular weight excluding hydrogens is 331 g/mol. The van der Waals surface area contributed by atoms with Gasteiger partial charge in [-0.1, -0.05) is 38.1 Å². The lowest BCUT2D eigenvalue weighted by molar-refractivity contribution is -0.137. The largest absolute Gasteiger partial charge is 0.350 e. The van der Waals surface area contributed by atoms with Crippen molar-refractivity contribution in [3.05, 3.63) is 71.2 Å². The Labute approximate surface area is 152 Å². The maximum Gasteiger partial charge on any atom is 0.278 e. The molecule has 2 aromatic carbocycles. The van der Waals surface area contributed by atoms with Crippen LogP contribution in [0.2, 0.25) is 0 Å². The van der Waals surface area contributed by atoms with Crippen molar-refractivity contribution < 1.29 is 14.0 Å². The molecule has 0 spiro atoms. The van der Waals surface area contributed by atoms with E-state index in [0.717, 1.165) is 11.3 Å². The molecule has 5 heteroatoms. The van der Waals surface area contributed by atoms with E-state index in [2.05, 4.69) is 5.32 Å². The van der Waals surface area contributed by atoms with Crippen molar-refractivity contribution in [2.75, 3.05) is 11.9 Å². The lowest BCUT2D eigenvalue weighted by Crippen LogP contribution is -2.35. The van der Waals surface area contributed by atoms with E-state index in [9.17, 15) is 14.0 Å². The van der Waals surface area contributed by atoms with E-state index in [4.69, 9.17) is 0 Å². The van der Waals surface area contributed by atoms with Crippen LogP contribution >= 0.6 is 0 Å². The Morgan fingerprint density at radius 1 is 1.04 bits per heavy atom. The zero-order valence-corrected chi connectivity index (χ0v) is 15.0. The highest BCUT2D eigenvalue weighted by molar-refractivity contribution is 6.36. The summed E-state index contributed by atoms with van der Waals surface area (Å²) in [5.41, 5.74) is 2.79. The summed E-state index contributed by atoms with van der Waals surface area (Å²) in [6.07, 6.45) is 0. The van der Waals surface area contributed by atoms with E-state index < -0.39 is 5.82 Å². The summed E-state index contributed by atoms with van der Waals surface area (Å²) in [5, 5.41) is 3.10. The average Bonchev–Trinajstić information content (AvgIpc) is 2.80. The van der Waals surface area contributed by atoms with Gasteiger partial charge in [-0.3, -0.25) is 14.5 Å². The molecule has 0 fully saturated rings. The number of halogens is 1. The van der Waals surface area contributed by atoms with Gasteiger partial charge in [-0.15, -0.1) is 0 Å². The lowest BCUT2D eigenvalue weighted by Gasteiger charge is -2.17. The highest BCUT2D eigenvalue weighted by atomic mass is 19.1. The van der Waals surface area contributed by atoms with Gasteiger partial charge in [0.05, 0.1) is 5.57 Å². The first-order valence-corrected chi connectivity index (χ1v) is 8.57. The van der Waals surface area contributed by atoms with Gasteiger partial charge < -0.3 is 5.32 Å². The van der Waals surface area contributed by atoms with Crippen molar-refractivity contribution >= 4 is 23.1 Å². The maximum atomic E-state index is 13.3. The second-order valence-corrected chi connectivity index (χ2v) is 6.87.